The molecule has 76 heavy (non-hydrogen) atoms. The summed E-state index contributed by atoms with van der Waals surface area (Å²) < 4.78 is 16.8. The van der Waals surface area contributed by atoms with E-state index in [1.54, 1.807) is 0 Å². The molecule has 1 atom stereocenters. The fraction of sp³-hybridized carbons (Fsp3) is 0.700. The van der Waals surface area contributed by atoms with Crippen LogP contribution >= 0.6 is 0 Å². The van der Waals surface area contributed by atoms with Gasteiger partial charge in [0.2, 0.25) is 0 Å². The molecule has 0 heterocycles. The highest BCUT2D eigenvalue weighted by atomic mass is 16.6. The molecule has 0 saturated carbocycles. The number of allylic oxidation sites excluding steroid dienone is 18. The van der Waals surface area contributed by atoms with Gasteiger partial charge in [-0.25, -0.2) is 0 Å². The summed E-state index contributed by atoms with van der Waals surface area (Å²) >= 11 is 0. The lowest BCUT2D eigenvalue weighted by Gasteiger charge is -2.18. The second-order valence-corrected chi connectivity index (χ2v) is 20.9. The van der Waals surface area contributed by atoms with Crippen LogP contribution in [0.25, 0.3) is 0 Å². The van der Waals surface area contributed by atoms with Gasteiger partial charge in [-0.05, 0) is 109 Å². The number of carbonyl (C=O) groups is 3. The minimum absolute atomic E-state index is 0.0810. The molecule has 0 aromatic carbocycles. The first kappa shape index (κ1) is 72.1. The molecule has 0 aromatic rings. The molecule has 6 heteroatoms. The number of esters is 3. The van der Waals surface area contributed by atoms with Gasteiger partial charge in [0, 0.05) is 19.3 Å². The van der Waals surface area contributed by atoms with Crippen LogP contribution in [0.4, 0.5) is 0 Å². The van der Waals surface area contributed by atoms with Gasteiger partial charge in [0.05, 0.1) is 0 Å². The van der Waals surface area contributed by atoms with Crippen LogP contribution in [0, 0.1) is 0 Å². The maximum Gasteiger partial charge on any atom is 0.306 e. The van der Waals surface area contributed by atoms with Gasteiger partial charge in [0.15, 0.2) is 6.10 Å². The highest BCUT2D eigenvalue weighted by molar-refractivity contribution is 5.71. The molecule has 0 bridgehead atoms. The van der Waals surface area contributed by atoms with Crippen LogP contribution < -0.4 is 0 Å². The van der Waals surface area contributed by atoms with Gasteiger partial charge in [-0.15, -0.1) is 0 Å². The van der Waals surface area contributed by atoms with Crippen molar-refractivity contribution in [2.75, 3.05) is 13.2 Å². The molecule has 434 valence electrons. The monoisotopic (exact) mass is 1050 g/mol. The largest absolute Gasteiger partial charge is 0.462 e. The van der Waals surface area contributed by atoms with Crippen molar-refractivity contribution in [1.29, 1.82) is 0 Å². The van der Waals surface area contributed by atoms with Crippen molar-refractivity contribution in [3.63, 3.8) is 0 Å². The predicted molar refractivity (Wildman–Crippen MR) is 330 cm³/mol. The number of unbranched alkanes of at least 4 members (excludes halogenated alkanes) is 28. The first-order valence-corrected chi connectivity index (χ1v) is 31.9. The van der Waals surface area contributed by atoms with Gasteiger partial charge in [0.1, 0.15) is 13.2 Å². The van der Waals surface area contributed by atoms with Crippen molar-refractivity contribution in [2.24, 2.45) is 0 Å². The molecule has 0 amide bonds. The molecular formula is C70H118O6. The Morgan fingerprint density at radius 3 is 0.803 bits per heavy atom. The van der Waals surface area contributed by atoms with Crippen LogP contribution in [-0.4, -0.2) is 37.2 Å². The Labute approximate surface area is 470 Å². The Morgan fingerprint density at radius 1 is 0.276 bits per heavy atom. The average Bonchev–Trinajstić information content (AvgIpc) is 3.42. The fourth-order valence-corrected chi connectivity index (χ4v) is 8.75. The molecule has 0 aliphatic rings. The van der Waals surface area contributed by atoms with Gasteiger partial charge in [-0.2, -0.15) is 0 Å². The summed E-state index contributed by atoms with van der Waals surface area (Å²) in [6, 6.07) is 0. The van der Waals surface area contributed by atoms with Gasteiger partial charge in [-0.3, -0.25) is 14.4 Å². The number of ether oxygens (including phenoxy) is 3. The van der Waals surface area contributed by atoms with Crippen molar-refractivity contribution in [2.45, 2.75) is 303 Å². The van der Waals surface area contributed by atoms with Gasteiger partial charge in [-0.1, -0.05) is 278 Å². The third-order valence-electron chi connectivity index (χ3n) is 13.5. The van der Waals surface area contributed by atoms with Crippen molar-refractivity contribution in [3.8, 4) is 0 Å². The van der Waals surface area contributed by atoms with E-state index in [1.165, 1.54) is 141 Å². The fourth-order valence-electron chi connectivity index (χ4n) is 8.75. The SMILES string of the molecule is CC/C=C\C/C=C\C/C=C\C/C=C\C/C=C\C/C=C\C/C=C\CCCCCCCCCCCC(=O)OCC(COC(=O)CCCCCCCC)OC(=O)CCCCCCCCCCC/C=C\C/C=C\CCCCCCC. The molecule has 0 saturated heterocycles. The number of rotatable bonds is 57. The first-order chi connectivity index (χ1) is 37.5. The minimum Gasteiger partial charge on any atom is -0.462 e. The summed E-state index contributed by atoms with van der Waals surface area (Å²) in [5.74, 6) is -0.896. The predicted octanol–water partition coefficient (Wildman–Crippen LogP) is 21.8. The van der Waals surface area contributed by atoms with Crippen molar-refractivity contribution < 1.29 is 28.6 Å². The Hall–Kier alpha value is -3.93. The molecule has 0 aromatic heterocycles. The molecule has 0 aliphatic carbocycles. The molecule has 1 unspecified atom stereocenters. The van der Waals surface area contributed by atoms with Crippen molar-refractivity contribution >= 4 is 17.9 Å². The lowest BCUT2D eigenvalue weighted by molar-refractivity contribution is -0.167. The number of carbonyl (C=O) groups excluding carboxylic acids is 3. The Morgan fingerprint density at radius 2 is 0.513 bits per heavy atom. The van der Waals surface area contributed by atoms with Crippen LogP contribution in [0.1, 0.15) is 297 Å². The van der Waals surface area contributed by atoms with E-state index in [2.05, 4.69) is 130 Å². The summed E-state index contributed by atoms with van der Waals surface area (Å²) in [6.45, 7) is 6.46. The van der Waals surface area contributed by atoms with E-state index in [0.717, 1.165) is 116 Å². The zero-order valence-electron chi connectivity index (χ0n) is 49.7. The summed E-state index contributed by atoms with van der Waals surface area (Å²) in [5, 5.41) is 0. The topological polar surface area (TPSA) is 78.9 Å². The van der Waals surface area contributed by atoms with Crippen LogP contribution in [0.15, 0.2) is 109 Å². The summed E-state index contributed by atoms with van der Waals surface area (Å²) in [4.78, 5) is 38.0. The summed E-state index contributed by atoms with van der Waals surface area (Å²) in [5.41, 5.74) is 0. The third kappa shape index (κ3) is 60.9. The van der Waals surface area contributed by atoms with Crippen LogP contribution in [0.2, 0.25) is 0 Å². The first-order valence-electron chi connectivity index (χ1n) is 31.9. The van der Waals surface area contributed by atoms with Gasteiger partial charge in [0.25, 0.3) is 0 Å². The maximum absolute atomic E-state index is 12.8. The molecule has 0 N–H and O–H groups in total. The zero-order valence-corrected chi connectivity index (χ0v) is 49.7. The van der Waals surface area contributed by atoms with Crippen molar-refractivity contribution in [1.82, 2.24) is 0 Å². The lowest BCUT2D eigenvalue weighted by Crippen LogP contribution is -2.30. The van der Waals surface area contributed by atoms with E-state index in [4.69, 9.17) is 14.2 Å². The normalized spacial score (nSPS) is 12.8. The van der Waals surface area contributed by atoms with Crippen LogP contribution in [0.3, 0.4) is 0 Å². The zero-order chi connectivity index (χ0) is 55.0. The Kier molecular flexibility index (Phi) is 60.3. The smallest absolute Gasteiger partial charge is 0.306 e. The molecule has 0 radical (unpaired) electrons. The minimum atomic E-state index is -0.781. The van der Waals surface area contributed by atoms with E-state index in [1.807, 2.05) is 0 Å². The number of hydrogen-bond donors (Lipinski definition) is 0. The average molecular weight is 1060 g/mol. The van der Waals surface area contributed by atoms with E-state index in [-0.39, 0.29) is 31.1 Å². The van der Waals surface area contributed by atoms with Crippen LogP contribution in [-0.2, 0) is 28.6 Å². The molecule has 6 nitrogen and oxygen atoms in total. The van der Waals surface area contributed by atoms with E-state index in [0.29, 0.717) is 19.3 Å². The Balaban J connectivity index is 4.12. The van der Waals surface area contributed by atoms with E-state index in [9.17, 15) is 14.4 Å². The molecule has 0 rings (SSSR count). The van der Waals surface area contributed by atoms with Gasteiger partial charge >= 0.3 is 17.9 Å². The summed E-state index contributed by atoms with van der Waals surface area (Å²) in [7, 11) is 0. The molecule has 0 fully saturated rings. The number of hydrogen-bond acceptors (Lipinski definition) is 6. The van der Waals surface area contributed by atoms with Crippen molar-refractivity contribution in [3.05, 3.63) is 109 Å². The standard InChI is InChI=1S/C70H118O6/c1-4-7-10-13-16-18-20-22-24-26-28-30-31-32-33-34-35-36-37-38-39-41-42-44-46-48-50-52-54-57-60-63-69(72)75-66-67(65-74-68(71)62-59-56-15-12-9-6-3)76-70(73)64-61-58-55-53-51-49-47-45-43-40-29-27-25-23-21-19-17-14-11-8-5-2/h7,10,16,18,21-24,27-30,32-33,35-36,38-39,67H,4-6,8-9,11-15,17,19-20,25-26,31,34,37,40-66H2,1-3H3/b10-7-,18-16-,23-21-,24-22-,29-27-,30-28-,33-32-,36-35-,39-38-. The lowest BCUT2D eigenvalue weighted by atomic mass is 10.1. The highest BCUT2D eigenvalue weighted by Crippen LogP contribution is 2.15. The second kappa shape index (κ2) is 63.6. The van der Waals surface area contributed by atoms with Gasteiger partial charge < -0.3 is 14.2 Å². The van der Waals surface area contributed by atoms with Crippen LogP contribution in [0.5, 0.6) is 0 Å². The second-order valence-electron chi connectivity index (χ2n) is 20.9. The molecular weight excluding hydrogens is 937 g/mol. The third-order valence-corrected chi connectivity index (χ3v) is 13.5. The Bertz CT molecular complexity index is 1540. The quantitative estimate of drug-likeness (QED) is 0.0261. The van der Waals surface area contributed by atoms with E-state index < -0.39 is 6.10 Å². The maximum atomic E-state index is 12.8. The highest BCUT2D eigenvalue weighted by Gasteiger charge is 2.19. The molecule has 0 aliphatic heterocycles. The summed E-state index contributed by atoms with van der Waals surface area (Å²) in [6.07, 6.45) is 87.0. The molecule has 0 spiro atoms. The van der Waals surface area contributed by atoms with E-state index >= 15 is 0 Å².